The van der Waals surface area contributed by atoms with Crippen LogP contribution in [0.25, 0.3) is 17.2 Å². The second kappa shape index (κ2) is 10.2. The van der Waals surface area contributed by atoms with Crippen molar-refractivity contribution in [1.82, 2.24) is 29.5 Å². The maximum Gasteiger partial charge on any atom is 0.239 e. The molecule has 2 aromatic heterocycles. The lowest BCUT2D eigenvalue weighted by Gasteiger charge is -2.31. The van der Waals surface area contributed by atoms with Gasteiger partial charge in [-0.25, -0.2) is 14.6 Å². The van der Waals surface area contributed by atoms with Crippen LogP contribution >= 0.6 is 0 Å². The van der Waals surface area contributed by atoms with Gasteiger partial charge in [0, 0.05) is 49.6 Å². The van der Waals surface area contributed by atoms with Gasteiger partial charge in [0.25, 0.3) is 0 Å². The van der Waals surface area contributed by atoms with Crippen molar-refractivity contribution in [3.05, 3.63) is 41.7 Å². The SMILES string of the molecule is COc1cc(OC)cc(-c2nc(NC(=O)CN3CCN(C)CC3)cc(-n3nc(C)cc3C)n2)c1. The summed E-state index contributed by atoms with van der Waals surface area (Å²) in [5.74, 6) is 2.53. The molecule has 0 spiro atoms. The van der Waals surface area contributed by atoms with E-state index >= 15 is 0 Å². The molecule has 0 aliphatic carbocycles. The standard InChI is InChI=1S/C24H31N7O3/c1-16-10-17(2)31(28-16)22-14-21(25-23(32)15-30-8-6-29(3)7-9-30)26-24(27-22)18-11-19(33-4)13-20(12-18)34-5/h10-14H,6-9,15H2,1-5H3,(H,25,26,27,32). The van der Waals surface area contributed by atoms with Crippen molar-refractivity contribution in [2.45, 2.75) is 13.8 Å². The number of rotatable bonds is 7. The Kier molecular flexibility index (Phi) is 7.09. The highest BCUT2D eigenvalue weighted by Crippen LogP contribution is 2.29. The van der Waals surface area contributed by atoms with Gasteiger partial charge in [-0.15, -0.1) is 0 Å². The van der Waals surface area contributed by atoms with Crippen molar-refractivity contribution in [2.24, 2.45) is 0 Å². The molecule has 180 valence electrons. The molecular formula is C24H31N7O3. The third kappa shape index (κ3) is 5.52. The van der Waals surface area contributed by atoms with Gasteiger partial charge in [0.05, 0.1) is 26.5 Å². The fourth-order valence-electron chi connectivity index (χ4n) is 3.92. The van der Waals surface area contributed by atoms with Gasteiger partial charge in [-0.05, 0) is 39.1 Å². The molecule has 0 saturated carbocycles. The third-order valence-corrected chi connectivity index (χ3v) is 5.78. The number of carbonyl (C=O) groups is 1. The zero-order chi connectivity index (χ0) is 24.2. The molecule has 10 heteroatoms. The van der Waals surface area contributed by atoms with Crippen LogP contribution < -0.4 is 14.8 Å². The van der Waals surface area contributed by atoms with Crippen LogP contribution in [-0.4, -0.2) is 89.4 Å². The molecule has 0 bridgehead atoms. The Morgan fingerprint density at radius 1 is 0.971 bits per heavy atom. The minimum absolute atomic E-state index is 0.114. The number of piperazine rings is 1. The minimum Gasteiger partial charge on any atom is -0.497 e. The van der Waals surface area contributed by atoms with Crippen molar-refractivity contribution in [3.8, 4) is 28.7 Å². The average Bonchev–Trinajstić information content (AvgIpc) is 3.17. The highest BCUT2D eigenvalue weighted by atomic mass is 16.5. The number of likely N-dealkylation sites (N-methyl/N-ethyl adjacent to an activating group) is 1. The Bertz CT molecular complexity index is 1150. The maximum absolute atomic E-state index is 12.8. The first-order valence-corrected chi connectivity index (χ1v) is 11.2. The van der Waals surface area contributed by atoms with Gasteiger partial charge in [-0.1, -0.05) is 0 Å². The summed E-state index contributed by atoms with van der Waals surface area (Å²) in [4.78, 5) is 26.6. The average molecular weight is 466 g/mol. The predicted octanol–water partition coefficient (Wildman–Crippen LogP) is 2.15. The van der Waals surface area contributed by atoms with Crippen LogP contribution in [0.4, 0.5) is 5.82 Å². The number of ether oxygens (including phenoxy) is 2. The number of nitrogens with one attached hydrogen (secondary N) is 1. The Hall–Kier alpha value is -3.50. The molecule has 1 N–H and O–H groups in total. The predicted molar refractivity (Wildman–Crippen MR) is 130 cm³/mol. The summed E-state index contributed by atoms with van der Waals surface area (Å²) < 4.78 is 12.6. The minimum atomic E-state index is -0.114. The third-order valence-electron chi connectivity index (χ3n) is 5.78. The monoisotopic (exact) mass is 465 g/mol. The second-order valence-corrected chi connectivity index (χ2v) is 8.50. The number of amides is 1. The van der Waals surface area contributed by atoms with Crippen molar-refractivity contribution in [1.29, 1.82) is 0 Å². The molecule has 3 aromatic rings. The molecule has 1 amide bonds. The van der Waals surface area contributed by atoms with E-state index in [1.165, 1.54) is 0 Å². The lowest BCUT2D eigenvalue weighted by atomic mass is 10.2. The molecule has 3 heterocycles. The van der Waals surface area contributed by atoms with Crippen molar-refractivity contribution >= 4 is 11.7 Å². The van der Waals surface area contributed by atoms with E-state index in [-0.39, 0.29) is 5.91 Å². The number of nitrogens with zero attached hydrogens (tertiary/aromatic N) is 6. The van der Waals surface area contributed by atoms with E-state index < -0.39 is 0 Å². The molecule has 1 saturated heterocycles. The number of aromatic nitrogens is 4. The normalized spacial score (nSPS) is 14.7. The smallest absolute Gasteiger partial charge is 0.239 e. The van der Waals surface area contributed by atoms with Crippen molar-refractivity contribution in [2.75, 3.05) is 59.3 Å². The summed E-state index contributed by atoms with van der Waals surface area (Å²) >= 11 is 0. The molecule has 1 fully saturated rings. The van der Waals surface area contributed by atoms with E-state index in [9.17, 15) is 4.79 Å². The van der Waals surface area contributed by atoms with Gasteiger partial charge >= 0.3 is 0 Å². The van der Waals surface area contributed by atoms with Gasteiger partial charge < -0.3 is 19.7 Å². The summed E-state index contributed by atoms with van der Waals surface area (Å²) in [5.41, 5.74) is 2.51. The van der Waals surface area contributed by atoms with E-state index in [0.717, 1.165) is 37.6 Å². The van der Waals surface area contributed by atoms with Gasteiger partial charge in [0.2, 0.25) is 5.91 Å². The fourth-order valence-corrected chi connectivity index (χ4v) is 3.92. The van der Waals surface area contributed by atoms with E-state index in [2.05, 4.69) is 32.2 Å². The number of anilines is 1. The summed E-state index contributed by atoms with van der Waals surface area (Å²) in [6, 6.07) is 9.16. The lowest BCUT2D eigenvalue weighted by Crippen LogP contribution is -2.47. The zero-order valence-corrected chi connectivity index (χ0v) is 20.3. The highest BCUT2D eigenvalue weighted by Gasteiger charge is 2.18. The largest absolute Gasteiger partial charge is 0.497 e. The number of methoxy groups -OCH3 is 2. The molecule has 34 heavy (non-hydrogen) atoms. The zero-order valence-electron chi connectivity index (χ0n) is 20.3. The molecule has 0 unspecified atom stereocenters. The first kappa shape index (κ1) is 23.7. The van der Waals surface area contributed by atoms with Gasteiger partial charge in [0.15, 0.2) is 11.6 Å². The van der Waals surface area contributed by atoms with Crippen LogP contribution in [0.1, 0.15) is 11.4 Å². The number of carbonyl (C=O) groups excluding carboxylic acids is 1. The van der Waals surface area contributed by atoms with Gasteiger partial charge in [-0.2, -0.15) is 5.10 Å². The second-order valence-electron chi connectivity index (χ2n) is 8.50. The number of benzene rings is 1. The van der Waals surface area contributed by atoms with E-state index in [1.54, 1.807) is 31.0 Å². The van der Waals surface area contributed by atoms with Crippen molar-refractivity contribution in [3.63, 3.8) is 0 Å². The topological polar surface area (TPSA) is 97.6 Å². The molecule has 10 nitrogen and oxygen atoms in total. The molecule has 1 aromatic carbocycles. The summed E-state index contributed by atoms with van der Waals surface area (Å²) in [6.07, 6.45) is 0. The number of aryl methyl sites for hydroxylation is 2. The summed E-state index contributed by atoms with van der Waals surface area (Å²) in [6.45, 7) is 7.82. The maximum atomic E-state index is 12.8. The molecule has 4 rings (SSSR count). The first-order valence-electron chi connectivity index (χ1n) is 11.2. The molecule has 0 atom stereocenters. The molecular weight excluding hydrogens is 434 g/mol. The van der Waals surface area contributed by atoms with Gasteiger partial charge in [0.1, 0.15) is 17.3 Å². The van der Waals surface area contributed by atoms with Crippen LogP contribution in [-0.2, 0) is 4.79 Å². The Labute approximate surface area is 199 Å². The Balaban J connectivity index is 1.68. The first-order chi connectivity index (χ1) is 16.3. The summed E-state index contributed by atoms with van der Waals surface area (Å²) in [5, 5.41) is 7.51. The number of hydrogen-bond acceptors (Lipinski definition) is 8. The molecule has 0 radical (unpaired) electrons. The van der Waals surface area contributed by atoms with Crippen molar-refractivity contribution < 1.29 is 14.3 Å². The highest BCUT2D eigenvalue weighted by molar-refractivity contribution is 5.91. The van der Waals surface area contributed by atoms with E-state index in [0.29, 0.717) is 41.1 Å². The van der Waals surface area contributed by atoms with E-state index in [1.807, 2.05) is 32.0 Å². The molecule has 1 aliphatic rings. The quantitative estimate of drug-likeness (QED) is 0.567. The van der Waals surface area contributed by atoms with Gasteiger partial charge in [-0.3, -0.25) is 9.69 Å². The van der Waals surface area contributed by atoms with Crippen LogP contribution in [0.5, 0.6) is 11.5 Å². The van der Waals surface area contributed by atoms with E-state index in [4.69, 9.17) is 14.5 Å². The van der Waals surface area contributed by atoms with Crippen LogP contribution in [0, 0.1) is 13.8 Å². The Morgan fingerprint density at radius 2 is 1.65 bits per heavy atom. The fraction of sp³-hybridized carbons (Fsp3) is 0.417. The van der Waals surface area contributed by atoms with Crippen LogP contribution in [0.3, 0.4) is 0 Å². The lowest BCUT2D eigenvalue weighted by molar-refractivity contribution is -0.117. The number of hydrogen-bond donors (Lipinski definition) is 1. The Morgan fingerprint density at radius 3 is 2.24 bits per heavy atom. The van der Waals surface area contributed by atoms with Crippen LogP contribution in [0.15, 0.2) is 30.3 Å². The summed E-state index contributed by atoms with van der Waals surface area (Å²) in [7, 11) is 5.28. The van der Waals surface area contributed by atoms with Crippen LogP contribution in [0.2, 0.25) is 0 Å². The molecule has 1 aliphatic heterocycles.